The summed E-state index contributed by atoms with van der Waals surface area (Å²) in [6.45, 7) is 12.2. The summed E-state index contributed by atoms with van der Waals surface area (Å²) in [5.74, 6) is 1.74. The molecule has 0 bridgehead atoms. The van der Waals surface area contributed by atoms with Crippen molar-refractivity contribution in [1.29, 1.82) is 0 Å². The van der Waals surface area contributed by atoms with E-state index in [4.69, 9.17) is 0 Å². The highest BCUT2D eigenvalue weighted by molar-refractivity contribution is 5.38. The highest BCUT2D eigenvalue weighted by Crippen LogP contribution is 2.60. The van der Waals surface area contributed by atoms with E-state index in [1.807, 2.05) is 0 Å². The number of fused-ring (bicyclic) bond motifs is 1. The fraction of sp³-hybridized carbons (Fsp3) is 0.778. The summed E-state index contributed by atoms with van der Waals surface area (Å²) in [5, 5.41) is 40.5. The maximum atomic E-state index is 10.3. The fourth-order valence-electron chi connectivity index (χ4n) is 6.65. The Labute approximate surface area is 188 Å². The molecule has 4 N–H and O–H groups in total. The second-order valence-corrected chi connectivity index (χ2v) is 11.4. The molecule has 0 aromatic carbocycles. The summed E-state index contributed by atoms with van der Waals surface area (Å²) in [6.07, 6.45) is 11.1. The van der Waals surface area contributed by atoms with E-state index < -0.39 is 23.9 Å². The van der Waals surface area contributed by atoms with Gasteiger partial charge >= 0.3 is 0 Å². The van der Waals surface area contributed by atoms with Crippen LogP contribution in [-0.2, 0) is 0 Å². The minimum Gasteiger partial charge on any atom is -0.393 e. The molecule has 0 amide bonds. The summed E-state index contributed by atoms with van der Waals surface area (Å²) in [4.78, 5) is 0. The summed E-state index contributed by atoms with van der Waals surface area (Å²) in [7, 11) is 0. The third kappa shape index (κ3) is 5.35. The van der Waals surface area contributed by atoms with Crippen LogP contribution in [-0.4, -0.2) is 44.3 Å². The van der Waals surface area contributed by atoms with Gasteiger partial charge in [0.25, 0.3) is 0 Å². The fourth-order valence-corrected chi connectivity index (χ4v) is 6.65. The lowest BCUT2D eigenvalue weighted by molar-refractivity contribution is -0.0554. The van der Waals surface area contributed by atoms with Crippen molar-refractivity contribution in [3.8, 4) is 0 Å². The largest absolute Gasteiger partial charge is 0.393 e. The topological polar surface area (TPSA) is 80.9 Å². The van der Waals surface area contributed by atoms with Gasteiger partial charge in [0.1, 0.15) is 0 Å². The van der Waals surface area contributed by atoms with Gasteiger partial charge in [-0.25, -0.2) is 0 Å². The molecule has 0 aliphatic heterocycles. The van der Waals surface area contributed by atoms with Crippen LogP contribution >= 0.6 is 0 Å². The van der Waals surface area contributed by atoms with Crippen molar-refractivity contribution in [2.45, 2.75) is 109 Å². The SMILES string of the molecule is C=C1/C(=C\C=C2\CCC[C@]3(C)[C@@H]([C@H](C)CCC(O)C(C)(C)O)CC[C@@H]23)C[C@@H](O)C[C@@H]1O. The Balaban J connectivity index is 1.71. The maximum absolute atomic E-state index is 10.3. The van der Waals surface area contributed by atoms with Gasteiger partial charge in [-0.1, -0.05) is 38.2 Å². The number of hydrogen-bond acceptors (Lipinski definition) is 4. The van der Waals surface area contributed by atoms with Crippen LogP contribution in [0, 0.1) is 23.2 Å². The summed E-state index contributed by atoms with van der Waals surface area (Å²) in [6, 6.07) is 0. The van der Waals surface area contributed by atoms with Gasteiger partial charge in [0.2, 0.25) is 0 Å². The van der Waals surface area contributed by atoms with E-state index in [0.29, 0.717) is 37.0 Å². The molecule has 1 unspecified atom stereocenters. The minimum atomic E-state index is -1.04. The predicted molar refractivity (Wildman–Crippen MR) is 125 cm³/mol. The molecule has 0 heterocycles. The van der Waals surface area contributed by atoms with Crippen LogP contribution in [0.15, 0.2) is 35.5 Å². The van der Waals surface area contributed by atoms with Gasteiger partial charge in [0, 0.05) is 6.42 Å². The Kier molecular flexibility index (Phi) is 7.57. The molecule has 4 nitrogen and oxygen atoms in total. The number of allylic oxidation sites excluding steroid dienone is 3. The minimum absolute atomic E-state index is 0.282. The molecule has 3 aliphatic rings. The van der Waals surface area contributed by atoms with E-state index in [9.17, 15) is 20.4 Å². The average molecular weight is 433 g/mol. The maximum Gasteiger partial charge on any atom is 0.0849 e. The first-order valence-electron chi connectivity index (χ1n) is 12.3. The zero-order valence-corrected chi connectivity index (χ0v) is 20.0. The van der Waals surface area contributed by atoms with Crippen LogP contribution in [0.5, 0.6) is 0 Å². The van der Waals surface area contributed by atoms with Crippen LogP contribution in [0.3, 0.4) is 0 Å². The van der Waals surface area contributed by atoms with E-state index in [-0.39, 0.29) is 5.41 Å². The van der Waals surface area contributed by atoms with Gasteiger partial charge in [0.15, 0.2) is 0 Å². The molecule has 3 rings (SSSR count). The molecule has 7 atom stereocenters. The van der Waals surface area contributed by atoms with Crippen molar-refractivity contribution in [3.05, 3.63) is 35.5 Å². The van der Waals surface area contributed by atoms with Crippen molar-refractivity contribution >= 4 is 0 Å². The molecule has 4 heteroatoms. The molecular weight excluding hydrogens is 388 g/mol. The van der Waals surface area contributed by atoms with E-state index in [1.165, 1.54) is 31.3 Å². The second-order valence-electron chi connectivity index (χ2n) is 11.4. The average Bonchev–Trinajstić information content (AvgIpc) is 3.04. The molecule has 31 heavy (non-hydrogen) atoms. The highest BCUT2D eigenvalue weighted by atomic mass is 16.3. The molecule has 3 aliphatic carbocycles. The molecule has 0 aromatic heterocycles. The number of aliphatic hydroxyl groups excluding tert-OH is 3. The summed E-state index contributed by atoms with van der Waals surface area (Å²) >= 11 is 0. The summed E-state index contributed by atoms with van der Waals surface area (Å²) < 4.78 is 0. The van der Waals surface area contributed by atoms with Crippen molar-refractivity contribution in [2.24, 2.45) is 23.2 Å². The molecule has 0 aromatic rings. The molecule has 3 fully saturated rings. The Morgan fingerprint density at radius 3 is 2.58 bits per heavy atom. The molecule has 0 saturated heterocycles. The van der Waals surface area contributed by atoms with Crippen LogP contribution in [0.1, 0.15) is 85.5 Å². The third-order valence-electron chi connectivity index (χ3n) is 8.70. The standard InChI is InChI=1S/C27H44O4/c1-17(8-13-25(30)26(3,4)31)22-11-12-23-19(7-6-14-27(22,23)5)9-10-20-15-21(28)16-24(29)18(20)2/h9-10,17,21-25,28-31H,2,6-8,11-16H2,1,3-5H3/b19-9-,20-10-/t17-,21-,22-,23+,24+,25?,27-/m1/s1. The lowest BCUT2D eigenvalue weighted by Crippen LogP contribution is -2.38. The zero-order chi connectivity index (χ0) is 23.0. The Hall–Kier alpha value is -0.940. The molecule has 3 saturated carbocycles. The van der Waals surface area contributed by atoms with Gasteiger partial charge < -0.3 is 20.4 Å². The van der Waals surface area contributed by atoms with Crippen LogP contribution in [0.25, 0.3) is 0 Å². The van der Waals surface area contributed by atoms with Crippen LogP contribution in [0.4, 0.5) is 0 Å². The van der Waals surface area contributed by atoms with Gasteiger partial charge in [-0.05, 0) is 99.5 Å². The molecular formula is C27H44O4. The predicted octanol–water partition coefficient (Wildman–Crippen LogP) is 4.68. The first-order valence-corrected chi connectivity index (χ1v) is 12.3. The molecule has 0 radical (unpaired) electrons. The van der Waals surface area contributed by atoms with Crippen molar-refractivity contribution in [3.63, 3.8) is 0 Å². The normalized spacial score (nSPS) is 39.0. The first-order chi connectivity index (χ1) is 14.4. The Morgan fingerprint density at radius 1 is 1.19 bits per heavy atom. The highest BCUT2D eigenvalue weighted by Gasteiger charge is 2.50. The number of hydrogen-bond donors (Lipinski definition) is 4. The van der Waals surface area contributed by atoms with Crippen LogP contribution in [0.2, 0.25) is 0 Å². The van der Waals surface area contributed by atoms with Crippen LogP contribution < -0.4 is 0 Å². The lowest BCUT2D eigenvalue weighted by atomic mass is 9.60. The van der Waals surface area contributed by atoms with Gasteiger partial charge in [-0.3, -0.25) is 0 Å². The molecule has 0 spiro atoms. The van der Waals surface area contributed by atoms with Crippen molar-refractivity contribution in [1.82, 2.24) is 0 Å². The third-order valence-corrected chi connectivity index (χ3v) is 8.70. The zero-order valence-electron chi connectivity index (χ0n) is 20.0. The van der Waals surface area contributed by atoms with Gasteiger partial charge in [-0.15, -0.1) is 0 Å². The Bertz CT molecular complexity index is 715. The van der Waals surface area contributed by atoms with Crippen molar-refractivity contribution < 1.29 is 20.4 Å². The van der Waals surface area contributed by atoms with E-state index in [2.05, 4.69) is 32.6 Å². The molecule has 176 valence electrons. The lowest BCUT2D eigenvalue weighted by Gasteiger charge is -2.44. The number of aliphatic hydroxyl groups is 4. The quantitative estimate of drug-likeness (QED) is 0.491. The van der Waals surface area contributed by atoms with Crippen molar-refractivity contribution in [2.75, 3.05) is 0 Å². The van der Waals surface area contributed by atoms with Gasteiger partial charge in [0.05, 0.1) is 23.9 Å². The van der Waals surface area contributed by atoms with Gasteiger partial charge in [-0.2, -0.15) is 0 Å². The number of rotatable bonds is 6. The summed E-state index contributed by atoms with van der Waals surface area (Å²) in [5.41, 5.74) is 2.48. The van der Waals surface area contributed by atoms with E-state index in [0.717, 1.165) is 24.0 Å². The van der Waals surface area contributed by atoms with E-state index >= 15 is 0 Å². The van der Waals surface area contributed by atoms with E-state index in [1.54, 1.807) is 13.8 Å². The smallest absolute Gasteiger partial charge is 0.0849 e. The first kappa shape index (κ1) is 24.7. The monoisotopic (exact) mass is 432 g/mol. The second kappa shape index (κ2) is 9.51. The Morgan fingerprint density at radius 2 is 1.90 bits per heavy atom.